The van der Waals surface area contributed by atoms with Gasteiger partial charge in [-0.1, -0.05) is 12.1 Å². The maximum atomic E-state index is 11.1. The Bertz CT molecular complexity index is 417. The van der Waals surface area contributed by atoms with E-state index in [4.69, 9.17) is 5.73 Å². The topological polar surface area (TPSA) is 58.4 Å². The molecule has 0 aliphatic carbocycles. The summed E-state index contributed by atoms with van der Waals surface area (Å²) >= 11 is 0. The van der Waals surface area contributed by atoms with Gasteiger partial charge in [-0.2, -0.15) is 0 Å². The Morgan fingerprint density at radius 2 is 2.11 bits per heavy atom. The quantitative estimate of drug-likeness (QED) is 0.878. The van der Waals surface area contributed by atoms with Crippen molar-refractivity contribution in [2.75, 3.05) is 20.1 Å². The van der Waals surface area contributed by atoms with Crippen LogP contribution in [-0.2, 0) is 6.54 Å². The number of nitrogens with two attached hydrogens (primary N) is 1. The largest absolute Gasteiger partial charge is 0.366 e. The van der Waals surface area contributed by atoms with Gasteiger partial charge in [-0.15, -0.1) is 12.4 Å². The van der Waals surface area contributed by atoms with E-state index in [1.54, 1.807) is 6.07 Å². The van der Waals surface area contributed by atoms with Gasteiger partial charge in [0.1, 0.15) is 0 Å². The highest BCUT2D eigenvalue weighted by atomic mass is 35.5. The first-order chi connectivity index (χ1) is 8.69. The second-order valence-corrected chi connectivity index (χ2v) is 4.90. The first-order valence-electron chi connectivity index (χ1n) is 6.47. The molecule has 1 saturated heterocycles. The highest BCUT2D eigenvalue weighted by Gasteiger charge is 2.17. The summed E-state index contributed by atoms with van der Waals surface area (Å²) in [6.07, 6.45) is 2.37. The molecule has 1 heterocycles. The van der Waals surface area contributed by atoms with Crippen LogP contribution in [0.15, 0.2) is 24.3 Å². The minimum atomic E-state index is -0.356. The molecule has 0 spiro atoms. The zero-order valence-electron chi connectivity index (χ0n) is 11.3. The number of hydrogen-bond acceptors (Lipinski definition) is 3. The lowest BCUT2D eigenvalue weighted by atomic mass is 10.0. The first kappa shape index (κ1) is 16.0. The number of primary amides is 1. The lowest BCUT2D eigenvalue weighted by molar-refractivity contribution is 0.1000. The second-order valence-electron chi connectivity index (χ2n) is 4.90. The van der Waals surface area contributed by atoms with Gasteiger partial charge >= 0.3 is 0 Å². The Hall–Kier alpha value is -1.10. The van der Waals surface area contributed by atoms with Gasteiger partial charge in [0.2, 0.25) is 5.91 Å². The van der Waals surface area contributed by atoms with E-state index in [0.29, 0.717) is 11.6 Å². The number of benzene rings is 1. The Morgan fingerprint density at radius 1 is 1.42 bits per heavy atom. The highest BCUT2D eigenvalue weighted by Crippen LogP contribution is 2.14. The van der Waals surface area contributed by atoms with Gasteiger partial charge in [-0.3, -0.25) is 9.69 Å². The van der Waals surface area contributed by atoms with E-state index >= 15 is 0 Å². The van der Waals surface area contributed by atoms with Crippen molar-refractivity contribution in [2.45, 2.75) is 25.4 Å². The lowest BCUT2D eigenvalue weighted by Gasteiger charge is -2.31. The van der Waals surface area contributed by atoms with Crippen molar-refractivity contribution >= 4 is 18.3 Å². The number of rotatable bonds is 4. The molecule has 1 aliphatic rings. The van der Waals surface area contributed by atoms with Crippen LogP contribution in [0.1, 0.15) is 28.8 Å². The van der Waals surface area contributed by atoms with Gasteiger partial charge in [-0.25, -0.2) is 0 Å². The molecule has 0 aromatic heterocycles. The fourth-order valence-electron chi connectivity index (χ4n) is 2.46. The summed E-state index contributed by atoms with van der Waals surface area (Å²) in [6.45, 7) is 3.11. The van der Waals surface area contributed by atoms with Gasteiger partial charge in [0, 0.05) is 18.2 Å². The van der Waals surface area contributed by atoms with E-state index in [0.717, 1.165) is 25.2 Å². The average molecular weight is 284 g/mol. The lowest BCUT2D eigenvalue weighted by Crippen LogP contribution is -2.40. The molecular weight excluding hydrogens is 262 g/mol. The standard InChI is InChI=1S/C14H21N3O.ClH/c1-16-13-5-7-17(8-6-13)10-11-3-2-4-12(9-11)14(15)18;/h2-4,9,13,16H,5-8,10H2,1H3,(H2,15,18);1H. The number of amides is 1. The van der Waals surface area contributed by atoms with Crippen molar-refractivity contribution in [1.29, 1.82) is 0 Å². The maximum absolute atomic E-state index is 11.1. The van der Waals surface area contributed by atoms with Crippen molar-refractivity contribution in [3.8, 4) is 0 Å². The molecule has 1 aliphatic heterocycles. The molecule has 1 fully saturated rings. The van der Waals surface area contributed by atoms with Crippen molar-refractivity contribution in [1.82, 2.24) is 10.2 Å². The molecule has 0 saturated carbocycles. The van der Waals surface area contributed by atoms with Gasteiger partial charge in [0.05, 0.1) is 0 Å². The fraction of sp³-hybridized carbons (Fsp3) is 0.500. The molecule has 0 atom stereocenters. The van der Waals surface area contributed by atoms with Crippen molar-refractivity contribution < 1.29 is 4.79 Å². The molecule has 1 aromatic carbocycles. The molecular formula is C14H22ClN3O. The zero-order valence-corrected chi connectivity index (χ0v) is 12.1. The summed E-state index contributed by atoms with van der Waals surface area (Å²) in [5.41, 5.74) is 7.05. The molecule has 4 nitrogen and oxygen atoms in total. The van der Waals surface area contributed by atoms with Crippen molar-refractivity contribution in [3.63, 3.8) is 0 Å². The normalized spacial score (nSPS) is 16.9. The molecule has 5 heteroatoms. The maximum Gasteiger partial charge on any atom is 0.248 e. The minimum Gasteiger partial charge on any atom is -0.366 e. The predicted octanol–water partition coefficient (Wildman–Crippen LogP) is 1.39. The van der Waals surface area contributed by atoms with Gasteiger partial charge in [-0.05, 0) is 50.7 Å². The molecule has 3 N–H and O–H groups in total. The third kappa shape index (κ3) is 4.49. The number of carbonyl (C=O) groups excluding carboxylic acids is 1. The third-order valence-corrected chi connectivity index (χ3v) is 3.61. The van der Waals surface area contributed by atoms with Crippen molar-refractivity contribution in [2.24, 2.45) is 5.73 Å². The van der Waals surface area contributed by atoms with Crippen LogP contribution in [-0.4, -0.2) is 37.0 Å². The van der Waals surface area contributed by atoms with E-state index < -0.39 is 0 Å². The van der Waals surface area contributed by atoms with Gasteiger partial charge < -0.3 is 11.1 Å². The molecule has 0 radical (unpaired) electrons. The molecule has 19 heavy (non-hydrogen) atoms. The molecule has 1 amide bonds. The van der Waals surface area contributed by atoms with Crippen molar-refractivity contribution in [3.05, 3.63) is 35.4 Å². The third-order valence-electron chi connectivity index (χ3n) is 3.61. The van der Waals surface area contributed by atoms with E-state index in [2.05, 4.69) is 16.3 Å². The monoisotopic (exact) mass is 283 g/mol. The molecule has 2 rings (SSSR count). The summed E-state index contributed by atoms with van der Waals surface area (Å²) in [5.74, 6) is -0.356. The summed E-state index contributed by atoms with van der Waals surface area (Å²) in [7, 11) is 2.02. The summed E-state index contributed by atoms with van der Waals surface area (Å²) in [4.78, 5) is 13.6. The van der Waals surface area contributed by atoms with Crippen LogP contribution >= 0.6 is 12.4 Å². The highest BCUT2D eigenvalue weighted by molar-refractivity contribution is 5.92. The molecule has 106 valence electrons. The molecule has 1 aromatic rings. The molecule has 0 bridgehead atoms. The van der Waals surface area contributed by atoms with E-state index in [1.807, 2.05) is 19.2 Å². The summed E-state index contributed by atoms with van der Waals surface area (Å²) in [6, 6.07) is 8.26. The van der Waals surface area contributed by atoms with Crippen LogP contribution in [0.2, 0.25) is 0 Å². The number of piperidine rings is 1. The number of likely N-dealkylation sites (tertiary alicyclic amines) is 1. The minimum absolute atomic E-state index is 0. The van der Waals surface area contributed by atoms with Crippen LogP contribution in [0.4, 0.5) is 0 Å². The Morgan fingerprint density at radius 3 is 2.68 bits per heavy atom. The summed E-state index contributed by atoms with van der Waals surface area (Å²) in [5, 5.41) is 3.32. The number of hydrogen-bond donors (Lipinski definition) is 2. The van der Waals surface area contributed by atoms with E-state index in [9.17, 15) is 4.79 Å². The number of nitrogens with one attached hydrogen (secondary N) is 1. The Balaban J connectivity index is 0.00000180. The van der Waals surface area contributed by atoms with Gasteiger partial charge in [0.15, 0.2) is 0 Å². The molecule has 0 unspecified atom stereocenters. The van der Waals surface area contributed by atoms with E-state index in [1.165, 1.54) is 12.8 Å². The van der Waals surface area contributed by atoms with Gasteiger partial charge in [0.25, 0.3) is 0 Å². The van der Waals surface area contributed by atoms with Crippen LogP contribution in [0.3, 0.4) is 0 Å². The van der Waals surface area contributed by atoms with Crippen LogP contribution in [0.25, 0.3) is 0 Å². The van der Waals surface area contributed by atoms with Crippen LogP contribution in [0.5, 0.6) is 0 Å². The average Bonchev–Trinajstić information content (AvgIpc) is 2.40. The smallest absolute Gasteiger partial charge is 0.248 e. The summed E-state index contributed by atoms with van der Waals surface area (Å²) < 4.78 is 0. The fourth-order valence-corrected chi connectivity index (χ4v) is 2.46. The number of carbonyl (C=O) groups is 1. The first-order valence-corrected chi connectivity index (χ1v) is 6.47. The predicted molar refractivity (Wildman–Crippen MR) is 79.6 cm³/mol. The SMILES string of the molecule is CNC1CCN(Cc2cccc(C(N)=O)c2)CC1.Cl. The van der Waals surface area contributed by atoms with E-state index in [-0.39, 0.29) is 18.3 Å². The number of nitrogens with zero attached hydrogens (tertiary/aromatic N) is 1. The Kier molecular flexibility index (Phi) is 6.28. The Labute approximate surface area is 120 Å². The number of halogens is 1. The van der Waals surface area contributed by atoms with Crippen LogP contribution in [0, 0.1) is 0 Å². The zero-order chi connectivity index (χ0) is 13.0. The van der Waals surface area contributed by atoms with Crippen LogP contribution < -0.4 is 11.1 Å². The second kappa shape index (κ2) is 7.48.